The summed E-state index contributed by atoms with van der Waals surface area (Å²) in [5.41, 5.74) is 5.78. The molecular formula is C12H24N4O2S2. The first-order chi connectivity index (χ1) is 9.33. The number of anilines is 2. The Kier molecular flexibility index (Phi) is 6.22. The van der Waals surface area contributed by atoms with Crippen LogP contribution in [-0.2, 0) is 9.84 Å². The zero-order chi connectivity index (χ0) is 15.3. The summed E-state index contributed by atoms with van der Waals surface area (Å²) in [6, 6.07) is 0. The molecule has 2 N–H and O–H groups in total. The Labute approximate surface area is 125 Å². The van der Waals surface area contributed by atoms with Crippen LogP contribution in [0.2, 0.25) is 0 Å². The van der Waals surface area contributed by atoms with Crippen LogP contribution in [0.5, 0.6) is 0 Å². The molecule has 116 valence electrons. The van der Waals surface area contributed by atoms with Crippen LogP contribution in [0.15, 0.2) is 4.90 Å². The van der Waals surface area contributed by atoms with Gasteiger partial charge in [0.1, 0.15) is 9.90 Å². The summed E-state index contributed by atoms with van der Waals surface area (Å²) in [5.74, 6) is 0.161. The summed E-state index contributed by atoms with van der Waals surface area (Å²) in [5, 5.41) is 0.674. The summed E-state index contributed by atoms with van der Waals surface area (Å²) in [6.45, 7) is 6.10. The SMILES string of the molecule is CCCN(CCN(C)C)c1snc(N)c1S(=O)(=O)CC. The van der Waals surface area contributed by atoms with Crippen LogP contribution in [0.25, 0.3) is 0 Å². The van der Waals surface area contributed by atoms with E-state index < -0.39 is 9.84 Å². The molecule has 1 aromatic heterocycles. The number of nitrogens with zero attached hydrogens (tertiary/aromatic N) is 3. The number of sulfone groups is 1. The second kappa shape index (κ2) is 7.24. The highest BCUT2D eigenvalue weighted by Crippen LogP contribution is 2.35. The van der Waals surface area contributed by atoms with Gasteiger partial charge in [0.2, 0.25) is 0 Å². The summed E-state index contributed by atoms with van der Waals surface area (Å²) < 4.78 is 28.4. The average Bonchev–Trinajstić information content (AvgIpc) is 2.77. The molecule has 0 fully saturated rings. The average molecular weight is 320 g/mol. The molecule has 0 aromatic carbocycles. The molecule has 1 heterocycles. The standard InChI is InChI=1S/C12H24N4O2S2/c1-5-7-16(9-8-15(3)4)12-10(11(13)14-19-12)20(17,18)6-2/h5-9H2,1-4H3,(H2,13,14). The molecule has 0 aliphatic heterocycles. The Hall–Kier alpha value is -0.860. The van der Waals surface area contributed by atoms with E-state index >= 15 is 0 Å². The van der Waals surface area contributed by atoms with Crippen molar-refractivity contribution in [1.82, 2.24) is 9.27 Å². The van der Waals surface area contributed by atoms with E-state index in [1.54, 1.807) is 6.92 Å². The molecule has 0 saturated heterocycles. The van der Waals surface area contributed by atoms with Gasteiger partial charge in [-0.25, -0.2) is 8.42 Å². The van der Waals surface area contributed by atoms with Gasteiger partial charge in [0.15, 0.2) is 15.7 Å². The number of hydrogen-bond acceptors (Lipinski definition) is 7. The van der Waals surface area contributed by atoms with E-state index in [1.165, 1.54) is 11.5 Å². The second-order valence-corrected chi connectivity index (χ2v) is 7.86. The Morgan fingerprint density at radius 2 is 1.85 bits per heavy atom. The Balaban J connectivity index is 3.14. The summed E-state index contributed by atoms with van der Waals surface area (Å²) >= 11 is 1.17. The third kappa shape index (κ3) is 4.07. The van der Waals surface area contributed by atoms with Crippen molar-refractivity contribution in [3.05, 3.63) is 0 Å². The summed E-state index contributed by atoms with van der Waals surface area (Å²) in [4.78, 5) is 4.34. The molecule has 20 heavy (non-hydrogen) atoms. The largest absolute Gasteiger partial charge is 0.382 e. The minimum Gasteiger partial charge on any atom is -0.382 e. The van der Waals surface area contributed by atoms with Gasteiger partial charge < -0.3 is 15.5 Å². The van der Waals surface area contributed by atoms with E-state index in [0.29, 0.717) is 5.00 Å². The highest BCUT2D eigenvalue weighted by Gasteiger charge is 2.26. The lowest BCUT2D eigenvalue weighted by atomic mass is 10.4. The second-order valence-electron chi connectivity index (χ2n) is 4.90. The highest BCUT2D eigenvalue weighted by molar-refractivity contribution is 7.91. The van der Waals surface area contributed by atoms with Crippen molar-refractivity contribution >= 4 is 32.2 Å². The van der Waals surface area contributed by atoms with Crippen molar-refractivity contribution in [3.8, 4) is 0 Å². The van der Waals surface area contributed by atoms with Gasteiger partial charge in [0, 0.05) is 19.6 Å². The Bertz CT molecular complexity index is 526. The van der Waals surface area contributed by atoms with E-state index in [2.05, 4.69) is 21.1 Å². The predicted molar refractivity (Wildman–Crippen MR) is 85.3 cm³/mol. The number of aromatic nitrogens is 1. The van der Waals surface area contributed by atoms with E-state index in [4.69, 9.17) is 5.73 Å². The maximum absolute atomic E-state index is 12.2. The van der Waals surface area contributed by atoms with Gasteiger partial charge in [0.25, 0.3) is 0 Å². The van der Waals surface area contributed by atoms with Crippen LogP contribution >= 0.6 is 11.5 Å². The van der Waals surface area contributed by atoms with E-state index in [-0.39, 0.29) is 16.5 Å². The molecule has 8 heteroatoms. The monoisotopic (exact) mass is 320 g/mol. The van der Waals surface area contributed by atoms with Gasteiger partial charge in [-0.05, 0) is 32.0 Å². The van der Waals surface area contributed by atoms with Gasteiger partial charge >= 0.3 is 0 Å². The zero-order valence-corrected chi connectivity index (χ0v) is 14.2. The molecule has 0 bridgehead atoms. The molecule has 0 unspecified atom stereocenters. The third-order valence-electron chi connectivity index (χ3n) is 2.95. The van der Waals surface area contributed by atoms with E-state index in [9.17, 15) is 8.42 Å². The van der Waals surface area contributed by atoms with Crippen molar-refractivity contribution in [1.29, 1.82) is 0 Å². The number of likely N-dealkylation sites (N-methyl/N-ethyl adjacent to an activating group) is 1. The maximum atomic E-state index is 12.2. The Morgan fingerprint density at radius 3 is 2.35 bits per heavy atom. The molecule has 0 radical (unpaired) electrons. The number of rotatable bonds is 8. The first-order valence-electron chi connectivity index (χ1n) is 6.71. The van der Waals surface area contributed by atoms with Crippen LogP contribution in [0, 0.1) is 0 Å². The molecule has 0 aliphatic rings. The first-order valence-corrected chi connectivity index (χ1v) is 9.13. The predicted octanol–water partition coefficient (Wildman–Crippen LogP) is 1.30. The third-order valence-corrected chi connectivity index (χ3v) is 5.78. The normalized spacial score (nSPS) is 12.1. The molecule has 0 spiro atoms. The molecule has 1 aromatic rings. The molecule has 0 aliphatic carbocycles. The van der Waals surface area contributed by atoms with E-state index in [0.717, 1.165) is 26.1 Å². The summed E-state index contributed by atoms with van der Waals surface area (Å²) in [7, 11) is 0.639. The van der Waals surface area contributed by atoms with Crippen LogP contribution in [0.1, 0.15) is 20.3 Å². The van der Waals surface area contributed by atoms with Crippen LogP contribution < -0.4 is 10.6 Å². The fraction of sp³-hybridized carbons (Fsp3) is 0.750. The lowest BCUT2D eigenvalue weighted by Crippen LogP contribution is -2.32. The maximum Gasteiger partial charge on any atom is 0.184 e. The lowest BCUT2D eigenvalue weighted by molar-refractivity contribution is 0.413. The van der Waals surface area contributed by atoms with Gasteiger partial charge in [-0.1, -0.05) is 13.8 Å². The molecule has 0 saturated carbocycles. The van der Waals surface area contributed by atoms with E-state index in [1.807, 2.05) is 14.1 Å². The first kappa shape index (κ1) is 17.2. The quantitative estimate of drug-likeness (QED) is 0.777. The summed E-state index contributed by atoms with van der Waals surface area (Å²) in [6.07, 6.45) is 0.941. The van der Waals surface area contributed by atoms with Crippen molar-refractivity contribution in [2.24, 2.45) is 0 Å². The molecule has 0 amide bonds. The fourth-order valence-electron chi connectivity index (χ4n) is 1.83. The van der Waals surface area contributed by atoms with Crippen molar-refractivity contribution < 1.29 is 8.42 Å². The topological polar surface area (TPSA) is 79.5 Å². The Morgan fingerprint density at radius 1 is 1.20 bits per heavy atom. The molecule has 6 nitrogen and oxygen atoms in total. The van der Waals surface area contributed by atoms with Gasteiger partial charge in [-0.15, -0.1) is 0 Å². The lowest BCUT2D eigenvalue weighted by Gasteiger charge is -2.25. The number of nitrogen functional groups attached to an aromatic ring is 1. The van der Waals surface area contributed by atoms with Crippen LogP contribution in [0.3, 0.4) is 0 Å². The smallest absolute Gasteiger partial charge is 0.184 e. The zero-order valence-electron chi connectivity index (χ0n) is 12.6. The minimum absolute atomic E-state index is 0.0380. The van der Waals surface area contributed by atoms with Gasteiger partial charge in [-0.2, -0.15) is 4.37 Å². The van der Waals surface area contributed by atoms with Crippen molar-refractivity contribution in [2.75, 3.05) is 50.1 Å². The number of hydrogen-bond donors (Lipinski definition) is 1. The van der Waals surface area contributed by atoms with Crippen molar-refractivity contribution in [2.45, 2.75) is 25.2 Å². The fourth-order valence-corrected chi connectivity index (χ4v) is 4.19. The van der Waals surface area contributed by atoms with Crippen LogP contribution in [-0.4, -0.2) is 57.2 Å². The minimum atomic E-state index is -3.35. The molecule has 1 rings (SSSR count). The van der Waals surface area contributed by atoms with Gasteiger partial charge in [-0.3, -0.25) is 0 Å². The highest BCUT2D eigenvalue weighted by atomic mass is 32.2. The molecular weight excluding hydrogens is 296 g/mol. The molecule has 0 atom stereocenters. The van der Waals surface area contributed by atoms with Crippen LogP contribution in [0.4, 0.5) is 10.8 Å². The number of nitrogens with two attached hydrogens (primary N) is 1. The van der Waals surface area contributed by atoms with Gasteiger partial charge in [0.05, 0.1) is 5.75 Å². The van der Waals surface area contributed by atoms with Crippen molar-refractivity contribution in [3.63, 3.8) is 0 Å².